The number of carbonyl (C=O) groups is 1. The van der Waals surface area contributed by atoms with E-state index in [4.69, 9.17) is 0 Å². The fraction of sp³-hybridized carbons (Fsp3) is 0.647. The lowest BCUT2D eigenvalue weighted by atomic mass is 9.61. The Balaban J connectivity index is 1.99. The van der Waals surface area contributed by atoms with Gasteiger partial charge in [0.1, 0.15) is 0 Å². The van der Waals surface area contributed by atoms with Crippen LogP contribution in [0.2, 0.25) is 0 Å². The van der Waals surface area contributed by atoms with Gasteiger partial charge in [0.25, 0.3) is 0 Å². The third kappa shape index (κ3) is 3.43. The number of aryl methyl sites for hydroxylation is 1. The third-order valence-electron chi connectivity index (χ3n) is 5.26. The van der Waals surface area contributed by atoms with Crippen molar-refractivity contribution in [3.05, 3.63) is 29.6 Å². The molecule has 0 bridgehead atoms. The van der Waals surface area contributed by atoms with Crippen LogP contribution in [0.5, 0.6) is 0 Å². The second-order valence-corrected chi connectivity index (χ2v) is 6.89. The first-order valence-electron chi connectivity index (χ1n) is 7.70. The van der Waals surface area contributed by atoms with E-state index >= 15 is 0 Å². The Morgan fingerprint density at radius 1 is 1.43 bits per heavy atom. The van der Waals surface area contributed by atoms with Gasteiger partial charge in [0, 0.05) is 18.8 Å². The largest absolute Gasteiger partial charge is 0.481 e. The number of carboxylic acid groups (broad SMARTS) is 1. The first-order valence-corrected chi connectivity index (χ1v) is 7.70. The molecule has 1 aromatic rings. The van der Waals surface area contributed by atoms with Crippen molar-refractivity contribution in [2.24, 2.45) is 17.3 Å². The summed E-state index contributed by atoms with van der Waals surface area (Å²) in [5.41, 5.74) is 2.00. The summed E-state index contributed by atoms with van der Waals surface area (Å²) in [6, 6.07) is 4.46. The zero-order valence-corrected chi connectivity index (χ0v) is 13.4. The maximum absolute atomic E-state index is 11.4. The van der Waals surface area contributed by atoms with E-state index in [-0.39, 0.29) is 11.3 Å². The van der Waals surface area contributed by atoms with Gasteiger partial charge in [0.2, 0.25) is 0 Å². The molecule has 1 saturated carbocycles. The van der Waals surface area contributed by atoms with Crippen LogP contribution in [0.15, 0.2) is 18.3 Å². The fourth-order valence-corrected chi connectivity index (χ4v) is 3.36. The minimum absolute atomic E-state index is 0.192. The molecule has 1 aliphatic rings. The molecule has 4 heteroatoms. The Kier molecular flexibility index (Phi) is 4.67. The summed E-state index contributed by atoms with van der Waals surface area (Å²) in [4.78, 5) is 15.8. The lowest BCUT2D eigenvalue weighted by Gasteiger charge is -2.46. The van der Waals surface area contributed by atoms with Gasteiger partial charge in [-0.15, -0.1) is 0 Å². The topological polar surface area (TPSA) is 62.2 Å². The number of aliphatic carboxylic acids is 1. The van der Waals surface area contributed by atoms with E-state index in [9.17, 15) is 9.90 Å². The molecule has 3 unspecified atom stereocenters. The summed E-state index contributed by atoms with van der Waals surface area (Å²) in [6.45, 7) is 9.09. The van der Waals surface area contributed by atoms with Crippen molar-refractivity contribution in [3.63, 3.8) is 0 Å². The Morgan fingerprint density at radius 3 is 2.71 bits per heavy atom. The maximum Gasteiger partial charge on any atom is 0.307 e. The van der Waals surface area contributed by atoms with Crippen molar-refractivity contribution in [1.82, 2.24) is 10.3 Å². The second-order valence-electron chi connectivity index (χ2n) is 6.89. The van der Waals surface area contributed by atoms with Crippen LogP contribution in [0.3, 0.4) is 0 Å². The van der Waals surface area contributed by atoms with E-state index in [0.29, 0.717) is 12.0 Å². The van der Waals surface area contributed by atoms with Crippen LogP contribution in [-0.2, 0) is 11.3 Å². The van der Waals surface area contributed by atoms with Gasteiger partial charge < -0.3 is 10.4 Å². The molecule has 1 aliphatic carbocycles. The highest BCUT2D eigenvalue weighted by atomic mass is 16.4. The van der Waals surface area contributed by atoms with E-state index in [1.165, 1.54) is 0 Å². The number of pyridine rings is 1. The molecule has 0 amide bonds. The zero-order chi connectivity index (χ0) is 15.6. The summed E-state index contributed by atoms with van der Waals surface area (Å²) < 4.78 is 0. The van der Waals surface area contributed by atoms with Gasteiger partial charge in [0.15, 0.2) is 0 Å². The van der Waals surface area contributed by atoms with Gasteiger partial charge in [-0.3, -0.25) is 9.78 Å². The minimum atomic E-state index is -0.662. The third-order valence-corrected chi connectivity index (χ3v) is 5.26. The van der Waals surface area contributed by atoms with Crippen molar-refractivity contribution in [1.29, 1.82) is 0 Å². The van der Waals surface area contributed by atoms with Crippen LogP contribution in [-0.4, -0.2) is 22.1 Å². The average molecular weight is 290 g/mol. The zero-order valence-electron chi connectivity index (χ0n) is 13.4. The van der Waals surface area contributed by atoms with E-state index in [0.717, 1.165) is 30.6 Å². The molecular formula is C17H26N2O2. The minimum Gasteiger partial charge on any atom is -0.481 e. The lowest BCUT2D eigenvalue weighted by molar-refractivity contribution is -0.150. The molecule has 3 atom stereocenters. The van der Waals surface area contributed by atoms with Crippen molar-refractivity contribution >= 4 is 5.97 Å². The number of hydrogen-bond donors (Lipinski definition) is 2. The average Bonchev–Trinajstić information content (AvgIpc) is 2.42. The van der Waals surface area contributed by atoms with Crippen molar-refractivity contribution in [2.45, 2.75) is 53.1 Å². The van der Waals surface area contributed by atoms with Gasteiger partial charge >= 0.3 is 5.97 Å². The summed E-state index contributed by atoms with van der Waals surface area (Å²) in [7, 11) is 0. The number of nitrogens with zero attached hydrogens (tertiary/aromatic N) is 1. The second kappa shape index (κ2) is 6.14. The Morgan fingerprint density at radius 2 is 2.14 bits per heavy atom. The number of nitrogens with one attached hydrogen (secondary N) is 1. The van der Waals surface area contributed by atoms with Gasteiger partial charge in [-0.1, -0.05) is 26.8 Å². The molecule has 0 radical (unpaired) electrons. The highest BCUT2D eigenvalue weighted by Gasteiger charge is 2.45. The van der Waals surface area contributed by atoms with Gasteiger partial charge in [-0.05, 0) is 42.7 Å². The number of rotatable bonds is 4. The first-order chi connectivity index (χ1) is 9.82. The normalized spacial score (nSPS) is 28.3. The van der Waals surface area contributed by atoms with E-state index in [2.05, 4.69) is 37.1 Å². The van der Waals surface area contributed by atoms with Gasteiger partial charge in [-0.2, -0.15) is 0 Å². The summed E-state index contributed by atoms with van der Waals surface area (Å²) >= 11 is 0. The molecule has 2 rings (SSSR count). The van der Waals surface area contributed by atoms with Gasteiger partial charge in [-0.25, -0.2) is 0 Å². The predicted molar refractivity (Wildman–Crippen MR) is 82.9 cm³/mol. The SMILES string of the molecule is Cc1ccc(CNC2CCC(C(=O)O)C(C)(C)C2C)nc1. The summed E-state index contributed by atoms with van der Waals surface area (Å²) in [5, 5.41) is 12.9. The predicted octanol–water partition coefficient (Wildman–Crippen LogP) is 3.01. The molecular weight excluding hydrogens is 264 g/mol. The highest BCUT2D eigenvalue weighted by molar-refractivity contribution is 5.71. The van der Waals surface area contributed by atoms with E-state index in [1.807, 2.05) is 19.2 Å². The first kappa shape index (κ1) is 16.0. The molecule has 0 spiro atoms. The molecule has 4 nitrogen and oxygen atoms in total. The number of aromatic nitrogens is 1. The smallest absolute Gasteiger partial charge is 0.307 e. The number of hydrogen-bond acceptors (Lipinski definition) is 3. The monoisotopic (exact) mass is 290 g/mol. The highest BCUT2D eigenvalue weighted by Crippen LogP contribution is 2.45. The van der Waals surface area contributed by atoms with Crippen molar-refractivity contribution in [3.8, 4) is 0 Å². The molecule has 1 fully saturated rings. The summed E-state index contributed by atoms with van der Waals surface area (Å²) in [6.07, 6.45) is 3.53. The van der Waals surface area contributed by atoms with E-state index < -0.39 is 5.97 Å². The fourth-order valence-electron chi connectivity index (χ4n) is 3.36. The van der Waals surface area contributed by atoms with E-state index in [1.54, 1.807) is 0 Å². The van der Waals surface area contributed by atoms with Gasteiger partial charge in [0.05, 0.1) is 11.6 Å². The van der Waals surface area contributed by atoms with Crippen molar-refractivity contribution < 1.29 is 9.90 Å². The molecule has 2 N–H and O–H groups in total. The maximum atomic E-state index is 11.4. The molecule has 116 valence electrons. The quantitative estimate of drug-likeness (QED) is 0.895. The number of carboxylic acids is 1. The molecule has 1 aromatic heterocycles. The van der Waals surface area contributed by atoms with Crippen LogP contribution < -0.4 is 5.32 Å². The lowest BCUT2D eigenvalue weighted by Crippen LogP contribution is -2.50. The Hall–Kier alpha value is -1.42. The van der Waals surface area contributed by atoms with Crippen LogP contribution in [0.1, 0.15) is 44.9 Å². The Labute approximate surface area is 127 Å². The molecule has 0 aromatic carbocycles. The molecule has 1 heterocycles. The van der Waals surface area contributed by atoms with Crippen LogP contribution in [0.4, 0.5) is 0 Å². The molecule has 0 aliphatic heterocycles. The Bertz CT molecular complexity index is 496. The van der Waals surface area contributed by atoms with Crippen LogP contribution in [0, 0.1) is 24.2 Å². The standard InChI is InChI=1S/C17H26N2O2/c1-11-5-6-13(18-9-11)10-19-15-8-7-14(16(20)21)17(3,4)12(15)2/h5-6,9,12,14-15,19H,7-8,10H2,1-4H3,(H,20,21). The molecule has 0 saturated heterocycles. The van der Waals surface area contributed by atoms with Crippen molar-refractivity contribution in [2.75, 3.05) is 0 Å². The molecule has 21 heavy (non-hydrogen) atoms. The van der Waals surface area contributed by atoms with Crippen LogP contribution in [0.25, 0.3) is 0 Å². The van der Waals surface area contributed by atoms with Crippen LogP contribution >= 0.6 is 0 Å². The summed E-state index contributed by atoms with van der Waals surface area (Å²) in [5.74, 6) is -0.591.